The summed E-state index contributed by atoms with van der Waals surface area (Å²) in [4.78, 5) is 12.8. The molecule has 1 heterocycles. The van der Waals surface area contributed by atoms with Crippen LogP contribution in [0, 0.1) is 17.0 Å². The van der Waals surface area contributed by atoms with Crippen molar-refractivity contribution in [1.29, 1.82) is 0 Å². The van der Waals surface area contributed by atoms with Crippen LogP contribution < -0.4 is 4.74 Å². The topological polar surface area (TPSA) is 93.0 Å². The Hall–Kier alpha value is -2.49. The Labute approximate surface area is 158 Å². The number of nitrogens with zero attached hydrogens (tertiary/aromatic N) is 3. The van der Waals surface area contributed by atoms with Crippen molar-refractivity contribution in [2.24, 2.45) is 0 Å². The lowest BCUT2D eigenvalue weighted by Crippen LogP contribution is -2.47. The molecule has 27 heavy (non-hydrogen) atoms. The first-order valence-electron chi connectivity index (χ1n) is 8.49. The lowest BCUT2D eigenvalue weighted by molar-refractivity contribution is -0.385. The first-order valence-corrected chi connectivity index (χ1v) is 9.93. The molecule has 0 aliphatic carbocycles. The summed E-state index contributed by atoms with van der Waals surface area (Å²) < 4.78 is 32.7. The maximum atomic E-state index is 12.8. The second kappa shape index (κ2) is 7.63. The molecule has 0 N–H and O–H groups in total. The molecule has 3 rings (SSSR count). The van der Waals surface area contributed by atoms with Crippen LogP contribution in [0.25, 0.3) is 0 Å². The Kier molecular flexibility index (Phi) is 5.45. The molecule has 144 valence electrons. The van der Waals surface area contributed by atoms with Gasteiger partial charge in [-0.05, 0) is 37.7 Å². The zero-order chi connectivity index (χ0) is 19.6. The number of para-hydroxylation sites is 1. The highest BCUT2D eigenvalue weighted by Crippen LogP contribution is 2.35. The number of hydrogen-bond acceptors (Lipinski definition) is 6. The van der Waals surface area contributed by atoms with E-state index in [2.05, 4.69) is 0 Å². The van der Waals surface area contributed by atoms with E-state index in [-0.39, 0.29) is 16.3 Å². The maximum absolute atomic E-state index is 12.8. The van der Waals surface area contributed by atoms with Crippen molar-refractivity contribution < 1.29 is 18.1 Å². The molecule has 9 heteroatoms. The van der Waals surface area contributed by atoms with E-state index in [9.17, 15) is 18.5 Å². The predicted molar refractivity (Wildman–Crippen MR) is 101 cm³/mol. The molecule has 0 aromatic heterocycles. The molecule has 0 bridgehead atoms. The van der Waals surface area contributed by atoms with Crippen LogP contribution in [0.3, 0.4) is 0 Å². The number of aryl methyl sites for hydroxylation is 1. The van der Waals surface area contributed by atoms with Gasteiger partial charge in [-0.15, -0.1) is 0 Å². The smallest absolute Gasteiger partial charge is 0.312 e. The van der Waals surface area contributed by atoms with Crippen LogP contribution in [0.1, 0.15) is 5.56 Å². The minimum atomic E-state index is -3.79. The maximum Gasteiger partial charge on any atom is 0.312 e. The van der Waals surface area contributed by atoms with Gasteiger partial charge in [0.15, 0.2) is 0 Å². The number of nitro benzene ring substituents is 1. The third-order valence-corrected chi connectivity index (χ3v) is 6.44. The van der Waals surface area contributed by atoms with Crippen LogP contribution in [0.4, 0.5) is 5.69 Å². The number of rotatable bonds is 5. The number of ether oxygens (including phenoxy) is 1. The largest absolute Gasteiger partial charge is 0.450 e. The van der Waals surface area contributed by atoms with Gasteiger partial charge >= 0.3 is 5.69 Å². The first-order chi connectivity index (χ1) is 12.8. The minimum absolute atomic E-state index is 0.00614. The summed E-state index contributed by atoms with van der Waals surface area (Å²) >= 11 is 0. The highest BCUT2D eigenvalue weighted by atomic mass is 32.2. The zero-order valence-corrected chi connectivity index (χ0v) is 16.0. The fourth-order valence-electron chi connectivity index (χ4n) is 2.85. The number of benzene rings is 2. The van der Waals surface area contributed by atoms with E-state index in [0.29, 0.717) is 31.9 Å². The summed E-state index contributed by atoms with van der Waals surface area (Å²) in [5.74, 6) is 0.488. The van der Waals surface area contributed by atoms with E-state index in [1.165, 1.54) is 16.4 Å². The Morgan fingerprint density at radius 3 is 2.33 bits per heavy atom. The summed E-state index contributed by atoms with van der Waals surface area (Å²) in [5, 5.41) is 11.5. The molecule has 1 aliphatic heterocycles. The molecule has 0 atom stereocenters. The summed E-state index contributed by atoms with van der Waals surface area (Å²) in [5.41, 5.74) is 0.439. The standard InChI is InChI=1S/C18H21N3O5S/c1-14-5-3-4-6-17(14)26-18-8-7-15(13-16(18)21(22)23)27(24,25)20-11-9-19(2)10-12-20/h3-8,13H,9-12H2,1-2H3. The lowest BCUT2D eigenvalue weighted by Gasteiger charge is -2.31. The summed E-state index contributed by atoms with van der Waals surface area (Å²) in [7, 11) is -1.87. The van der Waals surface area contributed by atoms with Crippen LogP contribution in [0.2, 0.25) is 0 Å². The van der Waals surface area contributed by atoms with Crippen molar-refractivity contribution in [3.05, 3.63) is 58.1 Å². The number of hydrogen-bond donors (Lipinski definition) is 0. The number of piperazine rings is 1. The molecule has 0 saturated carbocycles. The highest BCUT2D eigenvalue weighted by molar-refractivity contribution is 7.89. The van der Waals surface area contributed by atoms with Gasteiger partial charge < -0.3 is 9.64 Å². The van der Waals surface area contributed by atoms with Gasteiger partial charge in [0.25, 0.3) is 0 Å². The average Bonchev–Trinajstić information content (AvgIpc) is 2.64. The molecule has 2 aromatic carbocycles. The number of likely N-dealkylation sites (N-methyl/N-ethyl adjacent to an activating group) is 1. The summed E-state index contributed by atoms with van der Waals surface area (Å²) in [6.45, 7) is 3.78. The van der Waals surface area contributed by atoms with Crippen LogP contribution in [-0.2, 0) is 10.0 Å². The van der Waals surface area contributed by atoms with Gasteiger partial charge in [0.05, 0.1) is 9.82 Å². The zero-order valence-electron chi connectivity index (χ0n) is 15.2. The monoisotopic (exact) mass is 391 g/mol. The molecule has 1 fully saturated rings. The molecule has 8 nitrogen and oxygen atoms in total. The van der Waals surface area contributed by atoms with E-state index in [1.807, 2.05) is 31.0 Å². The molecule has 0 radical (unpaired) electrons. The van der Waals surface area contributed by atoms with Gasteiger partial charge in [-0.2, -0.15) is 4.31 Å². The van der Waals surface area contributed by atoms with Crippen LogP contribution in [0.15, 0.2) is 47.4 Å². The fraction of sp³-hybridized carbons (Fsp3) is 0.333. The normalized spacial score (nSPS) is 16.2. The van der Waals surface area contributed by atoms with Crippen molar-refractivity contribution in [2.75, 3.05) is 33.2 Å². The van der Waals surface area contributed by atoms with E-state index in [0.717, 1.165) is 11.6 Å². The molecular formula is C18H21N3O5S. The van der Waals surface area contributed by atoms with E-state index >= 15 is 0 Å². The molecule has 0 unspecified atom stereocenters. The second-order valence-electron chi connectivity index (χ2n) is 6.46. The fourth-order valence-corrected chi connectivity index (χ4v) is 4.30. The Bertz CT molecular complexity index is 953. The van der Waals surface area contributed by atoms with Crippen molar-refractivity contribution in [3.63, 3.8) is 0 Å². The van der Waals surface area contributed by atoms with Gasteiger partial charge in [-0.3, -0.25) is 10.1 Å². The van der Waals surface area contributed by atoms with Crippen LogP contribution >= 0.6 is 0 Å². The minimum Gasteiger partial charge on any atom is -0.450 e. The van der Waals surface area contributed by atoms with E-state index in [4.69, 9.17) is 4.74 Å². The second-order valence-corrected chi connectivity index (χ2v) is 8.40. The van der Waals surface area contributed by atoms with Gasteiger partial charge in [-0.1, -0.05) is 18.2 Å². The lowest BCUT2D eigenvalue weighted by atomic mass is 10.2. The molecule has 1 saturated heterocycles. The van der Waals surface area contributed by atoms with Crippen molar-refractivity contribution in [3.8, 4) is 11.5 Å². The third-order valence-electron chi connectivity index (χ3n) is 4.54. The quantitative estimate of drug-likeness (QED) is 0.575. The SMILES string of the molecule is Cc1ccccc1Oc1ccc(S(=O)(=O)N2CCN(C)CC2)cc1[N+](=O)[O-]. The van der Waals surface area contributed by atoms with Crippen molar-refractivity contribution >= 4 is 15.7 Å². The Morgan fingerprint density at radius 2 is 1.70 bits per heavy atom. The predicted octanol–water partition coefficient (Wildman–Crippen LogP) is 2.63. The van der Waals surface area contributed by atoms with E-state index in [1.54, 1.807) is 12.1 Å². The van der Waals surface area contributed by atoms with Crippen molar-refractivity contribution in [2.45, 2.75) is 11.8 Å². The molecule has 2 aromatic rings. The van der Waals surface area contributed by atoms with Crippen LogP contribution in [-0.4, -0.2) is 55.8 Å². The molecule has 0 spiro atoms. The first kappa shape index (κ1) is 19.3. The number of sulfonamides is 1. The van der Waals surface area contributed by atoms with Gasteiger partial charge in [0.2, 0.25) is 15.8 Å². The number of nitro groups is 1. The Balaban J connectivity index is 1.94. The highest BCUT2D eigenvalue weighted by Gasteiger charge is 2.30. The molecule has 0 amide bonds. The average molecular weight is 391 g/mol. The third kappa shape index (κ3) is 4.10. The van der Waals surface area contributed by atoms with Crippen LogP contribution in [0.5, 0.6) is 11.5 Å². The summed E-state index contributed by atoms with van der Waals surface area (Å²) in [6.07, 6.45) is 0. The Morgan fingerprint density at radius 1 is 1.04 bits per heavy atom. The molecular weight excluding hydrogens is 370 g/mol. The summed E-state index contributed by atoms with van der Waals surface area (Å²) in [6, 6.07) is 10.9. The van der Waals surface area contributed by atoms with Gasteiger partial charge in [0, 0.05) is 32.2 Å². The van der Waals surface area contributed by atoms with Gasteiger partial charge in [0.1, 0.15) is 5.75 Å². The van der Waals surface area contributed by atoms with Gasteiger partial charge in [-0.25, -0.2) is 8.42 Å². The molecule has 1 aliphatic rings. The van der Waals surface area contributed by atoms with E-state index < -0.39 is 14.9 Å². The van der Waals surface area contributed by atoms with Crippen molar-refractivity contribution in [1.82, 2.24) is 9.21 Å².